The molecule has 0 radical (unpaired) electrons. The van der Waals surface area contributed by atoms with Crippen molar-refractivity contribution in [3.63, 3.8) is 0 Å². The van der Waals surface area contributed by atoms with Crippen LogP contribution in [0.3, 0.4) is 0 Å². The maximum Gasteiger partial charge on any atom is 0.0996 e. The summed E-state index contributed by atoms with van der Waals surface area (Å²) in [4.78, 5) is 0. The third-order valence-electron chi connectivity index (χ3n) is 3.22. The fraction of sp³-hybridized carbons (Fsp3) is 0.538. The van der Waals surface area contributed by atoms with E-state index in [0.29, 0.717) is 0 Å². The van der Waals surface area contributed by atoms with E-state index in [-0.39, 0.29) is 5.54 Å². The molecule has 0 unspecified atom stereocenters. The zero-order chi connectivity index (χ0) is 11.3. The van der Waals surface area contributed by atoms with Gasteiger partial charge in [0.05, 0.1) is 12.9 Å². The largest absolute Gasteiger partial charge is 0.501 e. The SMILES string of the molecule is CCC(N)(CC)C1=CC=CC=C(OC)C1. The highest BCUT2D eigenvalue weighted by Crippen LogP contribution is 2.29. The molecule has 1 aliphatic carbocycles. The molecule has 0 atom stereocenters. The molecule has 15 heavy (non-hydrogen) atoms. The molecule has 0 saturated heterocycles. The average molecular weight is 207 g/mol. The van der Waals surface area contributed by atoms with Gasteiger partial charge < -0.3 is 10.5 Å². The Kier molecular flexibility index (Phi) is 4.15. The van der Waals surface area contributed by atoms with Gasteiger partial charge in [-0.15, -0.1) is 0 Å². The van der Waals surface area contributed by atoms with Crippen molar-refractivity contribution in [2.24, 2.45) is 5.73 Å². The molecule has 2 N–H and O–H groups in total. The number of ether oxygens (including phenoxy) is 1. The summed E-state index contributed by atoms with van der Waals surface area (Å²) in [5.41, 5.74) is 7.44. The lowest BCUT2D eigenvalue weighted by molar-refractivity contribution is 0.277. The van der Waals surface area contributed by atoms with Gasteiger partial charge in [-0.05, 0) is 24.5 Å². The van der Waals surface area contributed by atoms with E-state index in [9.17, 15) is 0 Å². The summed E-state index contributed by atoms with van der Waals surface area (Å²) in [6.07, 6.45) is 10.9. The molecule has 2 nitrogen and oxygen atoms in total. The Balaban J connectivity index is 2.91. The van der Waals surface area contributed by atoms with Crippen LogP contribution in [-0.4, -0.2) is 12.6 Å². The number of nitrogens with two attached hydrogens (primary N) is 1. The molecule has 1 aliphatic rings. The van der Waals surface area contributed by atoms with Crippen molar-refractivity contribution >= 4 is 0 Å². The minimum Gasteiger partial charge on any atom is -0.501 e. The number of methoxy groups -OCH3 is 1. The summed E-state index contributed by atoms with van der Waals surface area (Å²) in [5.74, 6) is 0.978. The number of hydrogen-bond donors (Lipinski definition) is 1. The van der Waals surface area contributed by atoms with Crippen LogP contribution in [0, 0.1) is 0 Å². The van der Waals surface area contributed by atoms with E-state index >= 15 is 0 Å². The zero-order valence-corrected chi connectivity index (χ0v) is 9.92. The first-order chi connectivity index (χ1) is 7.16. The van der Waals surface area contributed by atoms with Gasteiger partial charge in [-0.2, -0.15) is 0 Å². The van der Waals surface area contributed by atoms with Gasteiger partial charge in [-0.3, -0.25) is 0 Å². The third-order valence-corrected chi connectivity index (χ3v) is 3.22. The number of allylic oxidation sites excluding steroid dienone is 5. The van der Waals surface area contributed by atoms with E-state index in [1.165, 1.54) is 5.57 Å². The van der Waals surface area contributed by atoms with Crippen LogP contribution >= 0.6 is 0 Å². The Morgan fingerprint density at radius 3 is 2.40 bits per heavy atom. The van der Waals surface area contributed by atoms with Crippen molar-refractivity contribution < 1.29 is 4.74 Å². The molecule has 0 fully saturated rings. The third kappa shape index (κ3) is 2.72. The Hall–Kier alpha value is -1.02. The maximum atomic E-state index is 6.37. The second-order valence-corrected chi connectivity index (χ2v) is 3.95. The standard InChI is InChI=1S/C13H21NO/c1-4-13(14,5-2)11-8-6-7-9-12(10-11)15-3/h6-9H,4-5,10,14H2,1-3H3. The molecule has 0 bridgehead atoms. The van der Waals surface area contributed by atoms with Crippen LogP contribution in [0.2, 0.25) is 0 Å². The van der Waals surface area contributed by atoms with Crippen LogP contribution in [0.1, 0.15) is 33.1 Å². The van der Waals surface area contributed by atoms with E-state index in [2.05, 4.69) is 19.9 Å². The highest BCUT2D eigenvalue weighted by molar-refractivity contribution is 5.32. The predicted molar refractivity (Wildman–Crippen MR) is 64.4 cm³/mol. The maximum absolute atomic E-state index is 6.37. The van der Waals surface area contributed by atoms with Gasteiger partial charge in [0.2, 0.25) is 0 Å². The van der Waals surface area contributed by atoms with Crippen LogP contribution in [0.15, 0.2) is 35.6 Å². The van der Waals surface area contributed by atoms with Gasteiger partial charge in [0.25, 0.3) is 0 Å². The molecule has 0 aromatic carbocycles. The molecule has 0 aromatic rings. The van der Waals surface area contributed by atoms with Crippen molar-refractivity contribution in [1.82, 2.24) is 0 Å². The van der Waals surface area contributed by atoms with Gasteiger partial charge in [-0.25, -0.2) is 0 Å². The molecular formula is C13H21NO. The highest BCUT2D eigenvalue weighted by atomic mass is 16.5. The van der Waals surface area contributed by atoms with Crippen LogP contribution in [0.4, 0.5) is 0 Å². The first kappa shape index (κ1) is 12.1. The molecule has 0 spiro atoms. The fourth-order valence-corrected chi connectivity index (χ4v) is 1.83. The summed E-state index contributed by atoms with van der Waals surface area (Å²) >= 11 is 0. The van der Waals surface area contributed by atoms with E-state index in [0.717, 1.165) is 25.0 Å². The Morgan fingerprint density at radius 2 is 1.87 bits per heavy atom. The van der Waals surface area contributed by atoms with Gasteiger partial charge in [-0.1, -0.05) is 32.1 Å². The minimum atomic E-state index is -0.188. The monoisotopic (exact) mass is 207 g/mol. The van der Waals surface area contributed by atoms with Crippen molar-refractivity contribution in [1.29, 1.82) is 0 Å². The first-order valence-corrected chi connectivity index (χ1v) is 5.56. The highest BCUT2D eigenvalue weighted by Gasteiger charge is 2.26. The van der Waals surface area contributed by atoms with Gasteiger partial charge in [0.1, 0.15) is 0 Å². The van der Waals surface area contributed by atoms with Crippen molar-refractivity contribution in [2.45, 2.75) is 38.6 Å². The Labute approximate surface area is 92.5 Å². The second-order valence-electron chi connectivity index (χ2n) is 3.95. The molecule has 0 heterocycles. The smallest absolute Gasteiger partial charge is 0.0996 e. The molecule has 84 valence electrons. The molecule has 2 heteroatoms. The molecule has 0 aromatic heterocycles. The van der Waals surface area contributed by atoms with Crippen molar-refractivity contribution in [3.05, 3.63) is 35.6 Å². The van der Waals surface area contributed by atoms with Gasteiger partial charge >= 0.3 is 0 Å². The lowest BCUT2D eigenvalue weighted by Crippen LogP contribution is -2.40. The molecular weight excluding hydrogens is 186 g/mol. The van der Waals surface area contributed by atoms with Crippen LogP contribution in [0.25, 0.3) is 0 Å². The molecule has 0 amide bonds. The molecule has 0 aliphatic heterocycles. The Bertz CT molecular complexity index is 296. The van der Waals surface area contributed by atoms with Crippen molar-refractivity contribution in [2.75, 3.05) is 7.11 Å². The van der Waals surface area contributed by atoms with Crippen molar-refractivity contribution in [3.8, 4) is 0 Å². The summed E-state index contributed by atoms with van der Waals surface area (Å²) in [6.45, 7) is 4.27. The topological polar surface area (TPSA) is 35.2 Å². The second kappa shape index (κ2) is 5.17. The molecule has 0 saturated carbocycles. The summed E-state index contributed by atoms with van der Waals surface area (Å²) in [6, 6.07) is 0. The fourth-order valence-electron chi connectivity index (χ4n) is 1.83. The number of hydrogen-bond acceptors (Lipinski definition) is 2. The lowest BCUT2D eigenvalue weighted by atomic mass is 9.83. The summed E-state index contributed by atoms with van der Waals surface area (Å²) in [7, 11) is 1.71. The van der Waals surface area contributed by atoms with Gasteiger partial charge in [0, 0.05) is 12.0 Å². The Morgan fingerprint density at radius 1 is 1.27 bits per heavy atom. The quantitative estimate of drug-likeness (QED) is 0.769. The van der Waals surface area contributed by atoms with Crippen LogP contribution in [-0.2, 0) is 4.74 Å². The minimum absolute atomic E-state index is 0.188. The number of rotatable bonds is 4. The summed E-state index contributed by atoms with van der Waals surface area (Å²) < 4.78 is 5.30. The van der Waals surface area contributed by atoms with E-state index in [1.807, 2.05) is 18.2 Å². The van der Waals surface area contributed by atoms with Crippen LogP contribution in [0.5, 0.6) is 0 Å². The zero-order valence-electron chi connectivity index (χ0n) is 9.92. The van der Waals surface area contributed by atoms with E-state index in [1.54, 1.807) is 7.11 Å². The van der Waals surface area contributed by atoms with E-state index in [4.69, 9.17) is 10.5 Å². The summed E-state index contributed by atoms with van der Waals surface area (Å²) in [5, 5.41) is 0. The van der Waals surface area contributed by atoms with Crippen LogP contribution < -0.4 is 5.73 Å². The molecule has 1 rings (SSSR count). The normalized spacial score (nSPS) is 16.8. The predicted octanol–water partition coefficient (Wildman–Crippen LogP) is 2.92. The lowest BCUT2D eigenvalue weighted by Gasteiger charge is -2.30. The average Bonchev–Trinajstić information content (AvgIpc) is 2.53. The first-order valence-electron chi connectivity index (χ1n) is 5.56. The van der Waals surface area contributed by atoms with Gasteiger partial charge in [0.15, 0.2) is 0 Å². The van der Waals surface area contributed by atoms with E-state index < -0.39 is 0 Å².